The normalized spacial score (nSPS) is 17.7. The van der Waals surface area contributed by atoms with E-state index in [9.17, 15) is 4.79 Å². The Morgan fingerprint density at radius 2 is 1.53 bits per heavy atom. The summed E-state index contributed by atoms with van der Waals surface area (Å²) in [6, 6.07) is 22.9. The van der Waals surface area contributed by atoms with E-state index in [0.717, 1.165) is 75.7 Å². The Kier molecular flexibility index (Phi) is 6.86. The van der Waals surface area contributed by atoms with Gasteiger partial charge in [0.25, 0.3) is 0 Å². The number of piperidine rings is 1. The first-order valence-electron chi connectivity index (χ1n) is 12.4. The highest BCUT2D eigenvalue weighted by molar-refractivity contribution is 5.79. The average Bonchev–Trinajstić information content (AvgIpc) is 2.90. The van der Waals surface area contributed by atoms with Crippen LogP contribution in [0, 0.1) is 12.8 Å². The maximum atomic E-state index is 13.2. The number of rotatable bonds is 5. The number of hydrogen-bond donors (Lipinski definition) is 0. The molecule has 0 N–H and O–H groups in total. The number of carbonyl (C=O) groups is 1. The zero-order valence-corrected chi connectivity index (χ0v) is 19.9. The second-order valence-corrected chi connectivity index (χ2v) is 9.44. The van der Waals surface area contributed by atoms with Gasteiger partial charge in [-0.05, 0) is 43.0 Å². The minimum Gasteiger partial charge on any atom is -0.355 e. The third-order valence-corrected chi connectivity index (χ3v) is 7.17. The van der Waals surface area contributed by atoms with Crippen LogP contribution in [0.25, 0.3) is 11.3 Å². The molecule has 3 aromatic rings. The summed E-state index contributed by atoms with van der Waals surface area (Å²) in [7, 11) is 0. The molecule has 2 aromatic carbocycles. The number of piperazine rings is 1. The summed E-state index contributed by atoms with van der Waals surface area (Å²) in [6.07, 6.45) is 1.76. The summed E-state index contributed by atoms with van der Waals surface area (Å²) >= 11 is 0. The maximum Gasteiger partial charge on any atom is 0.225 e. The van der Waals surface area contributed by atoms with E-state index in [2.05, 4.69) is 86.4 Å². The lowest BCUT2D eigenvalue weighted by molar-refractivity contribution is -0.138. The largest absolute Gasteiger partial charge is 0.355 e. The van der Waals surface area contributed by atoms with Gasteiger partial charge in [-0.15, -0.1) is 10.2 Å². The summed E-state index contributed by atoms with van der Waals surface area (Å²) in [5, 5.41) is 8.98. The molecule has 0 saturated carbocycles. The number of aromatic nitrogens is 2. The van der Waals surface area contributed by atoms with Crippen molar-refractivity contribution in [3.8, 4) is 11.3 Å². The van der Waals surface area contributed by atoms with Gasteiger partial charge < -0.3 is 9.80 Å². The van der Waals surface area contributed by atoms with Crippen molar-refractivity contribution in [1.29, 1.82) is 0 Å². The highest BCUT2D eigenvalue weighted by Crippen LogP contribution is 2.26. The van der Waals surface area contributed by atoms with E-state index in [-0.39, 0.29) is 5.92 Å². The van der Waals surface area contributed by atoms with Crippen LogP contribution in [0.2, 0.25) is 0 Å². The van der Waals surface area contributed by atoms with Crippen molar-refractivity contribution in [2.75, 3.05) is 44.2 Å². The van der Waals surface area contributed by atoms with Gasteiger partial charge in [-0.3, -0.25) is 9.69 Å². The molecule has 0 radical (unpaired) electrons. The van der Waals surface area contributed by atoms with Crippen LogP contribution in [-0.4, -0.2) is 65.2 Å². The fourth-order valence-corrected chi connectivity index (χ4v) is 5.08. The van der Waals surface area contributed by atoms with E-state index in [1.54, 1.807) is 0 Å². The minimum absolute atomic E-state index is 0.121. The third kappa shape index (κ3) is 5.12. The van der Waals surface area contributed by atoms with E-state index in [1.165, 1.54) is 11.1 Å². The van der Waals surface area contributed by atoms with Gasteiger partial charge in [0.15, 0.2) is 5.82 Å². The lowest BCUT2D eigenvalue weighted by atomic mass is 9.95. The topological polar surface area (TPSA) is 52.6 Å². The number of carbonyl (C=O) groups excluding carboxylic acids is 1. The van der Waals surface area contributed by atoms with Gasteiger partial charge in [-0.1, -0.05) is 54.6 Å². The van der Waals surface area contributed by atoms with Crippen LogP contribution in [0.5, 0.6) is 0 Å². The van der Waals surface area contributed by atoms with Gasteiger partial charge in [0.05, 0.1) is 5.69 Å². The zero-order valence-electron chi connectivity index (χ0n) is 19.9. The Morgan fingerprint density at radius 1 is 0.824 bits per heavy atom. The van der Waals surface area contributed by atoms with Gasteiger partial charge in [0.2, 0.25) is 5.91 Å². The van der Waals surface area contributed by atoms with Gasteiger partial charge in [-0.25, -0.2) is 0 Å². The Labute approximate surface area is 202 Å². The summed E-state index contributed by atoms with van der Waals surface area (Å²) in [4.78, 5) is 19.9. The van der Waals surface area contributed by atoms with Crippen LogP contribution < -0.4 is 4.90 Å². The van der Waals surface area contributed by atoms with Gasteiger partial charge in [0.1, 0.15) is 0 Å². The molecule has 0 aliphatic carbocycles. The highest BCUT2D eigenvalue weighted by Gasteiger charge is 2.30. The number of nitrogens with zero attached hydrogens (tertiary/aromatic N) is 5. The first-order chi connectivity index (χ1) is 16.7. The van der Waals surface area contributed by atoms with Crippen molar-refractivity contribution in [1.82, 2.24) is 20.0 Å². The van der Waals surface area contributed by atoms with Crippen LogP contribution in [0.4, 0.5) is 5.82 Å². The Morgan fingerprint density at radius 3 is 2.21 bits per heavy atom. The number of anilines is 1. The van der Waals surface area contributed by atoms with E-state index in [0.29, 0.717) is 5.91 Å². The van der Waals surface area contributed by atoms with Crippen molar-refractivity contribution in [3.63, 3.8) is 0 Å². The molecule has 1 amide bonds. The van der Waals surface area contributed by atoms with E-state index >= 15 is 0 Å². The molecular formula is C28H33N5O. The molecule has 2 aliphatic heterocycles. The van der Waals surface area contributed by atoms with Crippen molar-refractivity contribution in [2.45, 2.75) is 26.3 Å². The Balaban J connectivity index is 1.11. The third-order valence-electron chi connectivity index (χ3n) is 7.17. The van der Waals surface area contributed by atoms with E-state index in [4.69, 9.17) is 0 Å². The van der Waals surface area contributed by atoms with Crippen LogP contribution in [0.15, 0.2) is 66.7 Å². The first-order valence-corrected chi connectivity index (χ1v) is 12.4. The molecule has 5 rings (SSSR count). The molecule has 6 heteroatoms. The van der Waals surface area contributed by atoms with Crippen molar-refractivity contribution in [2.24, 2.45) is 5.92 Å². The predicted octanol–water partition coefficient (Wildman–Crippen LogP) is 4.01. The first kappa shape index (κ1) is 22.5. The minimum atomic E-state index is 0.121. The van der Waals surface area contributed by atoms with Gasteiger partial charge >= 0.3 is 0 Å². The summed E-state index contributed by atoms with van der Waals surface area (Å²) in [5.41, 5.74) is 4.56. The molecule has 0 atom stereocenters. The summed E-state index contributed by atoms with van der Waals surface area (Å²) in [6.45, 7) is 8.31. The highest BCUT2D eigenvalue weighted by atomic mass is 16.2. The fraction of sp³-hybridized carbons (Fsp3) is 0.393. The molecule has 0 spiro atoms. The molecule has 2 saturated heterocycles. The van der Waals surface area contributed by atoms with Crippen molar-refractivity contribution < 1.29 is 4.79 Å². The molecule has 176 valence electrons. The summed E-state index contributed by atoms with van der Waals surface area (Å²) < 4.78 is 0. The van der Waals surface area contributed by atoms with Gasteiger partial charge in [0, 0.05) is 57.3 Å². The molecule has 2 fully saturated rings. The lowest BCUT2D eigenvalue weighted by Crippen LogP contribution is -2.51. The second-order valence-electron chi connectivity index (χ2n) is 9.44. The van der Waals surface area contributed by atoms with Crippen LogP contribution in [0.1, 0.15) is 24.0 Å². The van der Waals surface area contributed by atoms with Gasteiger partial charge in [-0.2, -0.15) is 0 Å². The smallest absolute Gasteiger partial charge is 0.225 e. The molecule has 6 nitrogen and oxygen atoms in total. The van der Waals surface area contributed by atoms with Crippen molar-refractivity contribution in [3.05, 3.63) is 77.9 Å². The average molecular weight is 456 g/mol. The number of hydrogen-bond acceptors (Lipinski definition) is 5. The number of benzene rings is 2. The predicted molar refractivity (Wildman–Crippen MR) is 135 cm³/mol. The molecule has 0 unspecified atom stereocenters. The lowest BCUT2D eigenvalue weighted by Gasteiger charge is -2.38. The monoisotopic (exact) mass is 455 g/mol. The van der Waals surface area contributed by atoms with E-state index in [1.807, 2.05) is 12.1 Å². The molecule has 3 heterocycles. The fourth-order valence-electron chi connectivity index (χ4n) is 5.08. The van der Waals surface area contributed by atoms with Crippen LogP contribution in [-0.2, 0) is 11.3 Å². The molecule has 34 heavy (non-hydrogen) atoms. The second kappa shape index (κ2) is 10.3. The van der Waals surface area contributed by atoms with Crippen LogP contribution in [0.3, 0.4) is 0 Å². The van der Waals surface area contributed by atoms with Crippen LogP contribution >= 0.6 is 0 Å². The Hall–Kier alpha value is -3.25. The van der Waals surface area contributed by atoms with E-state index < -0.39 is 0 Å². The number of amides is 1. The molecule has 0 bridgehead atoms. The summed E-state index contributed by atoms with van der Waals surface area (Å²) in [5.74, 6) is 1.36. The molecule has 1 aromatic heterocycles. The Bertz CT molecular complexity index is 1090. The maximum absolute atomic E-state index is 13.2. The number of aryl methyl sites for hydroxylation is 1. The zero-order chi connectivity index (χ0) is 23.3. The molecular weight excluding hydrogens is 422 g/mol. The quantitative estimate of drug-likeness (QED) is 0.582. The SMILES string of the molecule is Cc1ccccc1-c1ccc(N2CCC(C(=O)N3CCN(Cc4ccccc4)CC3)CC2)nn1. The standard InChI is InChI=1S/C28H33N5O/c1-22-7-5-6-10-25(22)26-11-12-27(30-29-26)32-15-13-24(14-16-32)28(34)33-19-17-31(18-20-33)21-23-8-3-2-4-9-23/h2-12,24H,13-21H2,1H3. The molecule has 2 aliphatic rings. The van der Waals surface area contributed by atoms with Crippen molar-refractivity contribution >= 4 is 11.7 Å².